The number of nitrogens with zero attached hydrogens (tertiary/aromatic N) is 9. The van der Waals surface area contributed by atoms with Crippen LogP contribution >= 0.6 is 0 Å². The third-order valence-corrected chi connectivity index (χ3v) is 16.1. The quantitative estimate of drug-likeness (QED) is 0.00984. The molecule has 8 aromatic carbocycles. The lowest BCUT2D eigenvalue weighted by Gasteiger charge is -2.24. The van der Waals surface area contributed by atoms with Crippen LogP contribution in [-0.2, 0) is 0 Å². The van der Waals surface area contributed by atoms with Gasteiger partial charge in [-0.2, -0.15) is 0 Å². The van der Waals surface area contributed by atoms with Gasteiger partial charge in [0.1, 0.15) is 6.17 Å². The second-order valence-corrected chi connectivity index (χ2v) is 24.7. The Morgan fingerprint density at radius 3 is 0.619 bits per heavy atom. The molecule has 1 atom stereocenters. The van der Waals surface area contributed by atoms with Gasteiger partial charge >= 0.3 is 0 Å². The minimum absolute atomic E-state index is 0.0718. The van der Waals surface area contributed by atoms with Gasteiger partial charge in [0, 0.05) is 83.8 Å². The molecular formula is C80H105N17O8. The topological polar surface area (TPSA) is 360 Å². The molecule has 25 heteroatoms. The van der Waals surface area contributed by atoms with E-state index >= 15 is 0 Å². The lowest BCUT2D eigenvalue weighted by molar-refractivity contribution is 0.220. The second kappa shape index (κ2) is 48.2. The van der Waals surface area contributed by atoms with Crippen molar-refractivity contribution in [1.29, 1.82) is 0 Å². The summed E-state index contributed by atoms with van der Waals surface area (Å²) < 4.78 is 0. The van der Waals surface area contributed by atoms with Gasteiger partial charge in [0.25, 0.3) is 0 Å². The van der Waals surface area contributed by atoms with Crippen LogP contribution in [0.4, 0.5) is 0 Å². The number of aliphatic imine (C=N–C) groups is 8. The molecule has 0 saturated heterocycles. The number of aryl methyl sites for hydroxylation is 8. The first-order valence-corrected chi connectivity index (χ1v) is 34.8. The summed E-state index contributed by atoms with van der Waals surface area (Å²) in [4.78, 5) is 37.4. The largest absolute Gasteiger partial charge is 0.290 e. The Hall–Kier alpha value is -10.8. The van der Waals surface area contributed by atoms with Crippen LogP contribution in [0, 0.1) is 55.4 Å². The molecular weight excluding hydrogens is 1330 g/mol. The monoisotopic (exact) mass is 1430 g/mol. The van der Waals surface area contributed by atoms with Gasteiger partial charge in [0.05, 0.1) is 13.1 Å². The van der Waals surface area contributed by atoms with E-state index in [-0.39, 0.29) is 6.17 Å². The SMILES string of the molecule is CCC(N=C(NO)c1ccc(C)cc1)N(C)CCCN=C(NO)c1ccc(C)cc1.Cc1ccc(C(=NCCCCN=C(NO)c2ccc(C)cc2)NO)cc1.Cc1ccc(C(=NCCCN=C(NO)c2ccc(C)cc2)NO)cc1.Cc1ccc(C(=NCCN=C(NO)c2ccc(C)cc2)NO)cc1. The van der Waals surface area contributed by atoms with Crippen molar-refractivity contribution in [2.75, 3.05) is 59.4 Å². The van der Waals surface area contributed by atoms with Crippen LogP contribution in [0.15, 0.2) is 234 Å². The first kappa shape index (κ1) is 84.8. The van der Waals surface area contributed by atoms with Crippen LogP contribution < -0.4 is 43.8 Å². The fourth-order valence-corrected chi connectivity index (χ4v) is 9.89. The van der Waals surface area contributed by atoms with Crippen molar-refractivity contribution in [2.45, 2.75) is 101 Å². The fourth-order valence-electron chi connectivity index (χ4n) is 9.89. The zero-order valence-electron chi connectivity index (χ0n) is 61.8. The van der Waals surface area contributed by atoms with Gasteiger partial charge in [-0.15, -0.1) is 0 Å². The van der Waals surface area contributed by atoms with E-state index < -0.39 is 0 Å². The summed E-state index contributed by atoms with van der Waals surface area (Å²) >= 11 is 0. The molecule has 0 saturated carbocycles. The highest BCUT2D eigenvalue weighted by Crippen LogP contribution is 2.14. The highest BCUT2D eigenvalue weighted by Gasteiger charge is 2.15. The number of nitrogens with one attached hydrogen (secondary N) is 8. The van der Waals surface area contributed by atoms with E-state index in [9.17, 15) is 41.7 Å². The molecule has 8 rings (SSSR count). The average molecular weight is 1430 g/mol. The Bertz CT molecular complexity index is 3860. The normalized spacial score (nSPS) is 12.5. The number of benzene rings is 8. The lowest BCUT2D eigenvalue weighted by Crippen LogP contribution is -2.34. The fraction of sp³-hybridized carbons (Fsp3) is 0.300. The third kappa shape index (κ3) is 30.9. The molecule has 0 aliphatic rings. The standard InChI is InChI=1S/C23H33N5O2.C20H26N4O2.C19H24N4O2.C18H22N4O2/c1-5-21(25-23(27-30)20-13-9-18(3)10-14-20)28(4)16-6-15-24-22(26-29)19-11-7-17(2)8-12-19;1-15-5-9-17(10-6-15)19(23-25)21-13-3-4-14-22-20(24-26)18-11-7-16(2)8-12-18;1-14-4-8-16(9-5-14)18(22-24)20-12-3-13-21-19(23-25)17-10-6-15(2)7-11-17;1-13-3-7-15(8-4-13)17(21-23)19-11-12-20-18(22-24)16-9-5-14(2)6-10-16/h7-14,21,29-30H,5-6,15-16H2,1-4H3,(H,24,26)(H,25,27);5-12,25-26H,3-4,13-14H2,1-2H3,(H,21,23)(H,22,24);4-11,24-25H,3,12-13H2,1-2H3,(H,20,22)(H,21,23);3-10,23-24H,11-12H2,1-2H3,(H,19,21)(H,20,22). The van der Waals surface area contributed by atoms with Crippen LogP contribution in [0.25, 0.3) is 0 Å². The molecule has 0 aromatic heterocycles. The van der Waals surface area contributed by atoms with Crippen molar-refractivity contribution < 1.29 is 41.7 Å². The number of hydroxylamine groups is 8. The summed E-state index contributed by atoms with van der Waals surface area (Å²) in [6.45, 7) is 22.4. The minimum atomic E-state index is -0.0718. The summed E-state index contributed by atoms with van der Waals surface area (Å²) in [5.74, 6) is 3.49. The van der Waals surface area contributed by atoms with Crippen LogP contribution in [0.3, 0.4) is 0 Å². The molecule has 8 aromatic rings. The van der Waals surface area contributed by atoms with Gasteiger partial charge in [-0.25, -0.2) is 4.99 Å². The Morgan fingerprint density at radius 1 is 0.257 bits per heavy atom. The molecule has 0 spiro atoms. The molecule has 1 unspecified atom stereocenters. The second-order valence-electron chi connectivity index (χ2n) is 24.7. The molecule has 0 heterocycles. The van der Waals surface area contributed by atoms with E-state index in [0.717, 1.165) is 121 Å². The van der Waals surface area contributed by atoms with Crippen LogP contribution in [-0.4, -0.2) is 159 Å². The molecule has 16 N–H and O–H groups in total. The highest BCUT2D eigenvalue weighted by atomic mass is 16.5. The zero-order chi connectivity index (χ0) is 76.1. The van der Waals surface area contributed by atoms with Crippen molar-refractivity contribution in [3.63, 3.8) is 0 Å². The van der Waals surface area contributed by atoms with Crippen molar-refractivity contribution in [2.24, 2.45) is 39.9 Å². The minimum Gasteiger partial charge on any atom is -0.290 e. The Morgan fingerprint density at radius 2 is 0.429 bits per heavy atom. The van der Waals surface area contributed by atoms with Crippen molar-refractivity contribution in [1.82, 2.24) is 48.7 Å². The summed E-state index contributed by atoms with van der Waals surface area (Å²) in [6, 6.07) is 62.1. The van der Waals surface area contributed by atoms with Crippen molar-refractivity contribution >= 4 is 46.7 Å². The summed E-state index contributed by atoms with van der Waals surface area (Å²) in [5, 5.41) is 74.5. The van der Waals surface area contributed by atoms with Gasteiger partial charge in [-0.3, -0.25) is 125 Å². The molecule has 105 heavy (non-hydrogen) atoms. The zero-order valence-corrected chi connectivity index (χ0v) is 61.8. The molecule has 0 bridgehead atoms. The molecule has 0 aliphatic heterocycles. The molecule has 0 fully saturated rings. The van der Waals surface area contributed by atoms with Crippen molar-refractivity contribution in [3.05, 3.63) is 283 Å². The maximum absolute atomic E-state index is 9.55. The van der Waals surface area contributed by atoms with Gasteiger partial charge in [-0.05, 0) is 94.5 Å². The number of rotatable bonds is 27. The van der Waals surface area contributed by atoms with E-state index in [1.165, 1.54) is 0 Å². The van der Waals surface area contributed by atoms with Gasteiger partial charge < -0.3 is 0 Å². The van der Waals surface area contributed by atoms with Gasteiger partial charge in [0.2, 0.25) is 0 Å². The van der Waals surface area contributed by atoms with E-state index in [0.29, 0.717) is 98.9 Å². The third-order valence-electron chi connectivity index (χ3n) is 16.1. The summed E-state index contributed by atoms with van der Waals surface area (Å²) in [7, 11) is 2.01. The van der Waals surface area contributed by atoms with E-state index in [4.69, 9.17) is 4.99 Å². The first-order chi connectivity index (χ1) is 50.9. The number of unbranched alkanes of at least 4 members (excludes halogenated alkanes) is 1. The Labute approximate surface area is 617 Å². The summed E-state index contributed by atoms with van der Waals surface area (Å²) in [5.41, 5.74) is 33.1. The van der Waals surface area contributed by atoms with E-state index in [1.807, 2.05) is 257 Å². The van der Waals surface area contributed by atoms with Crippen LogP contribution in [0.2, 0.25) is 0 Å². The number of hydrogen-bond donors (Lipinski definition) is 16. The molecule has 0 aliphatic carbocycles. The number of amidine groups is 8. The summed E-state index contributed by atoms with van der Waals surface area (Å²) in [6.07, 6.45) is 3.89. The van der Waals surface area contributed by atoms with Crippen molar-refractivity contribution in [3.8, 4) is 0 Å². The smallest absolute Gasteiger partial charge is 0.153 e. The van der Waals surface area contributed by atoms with Gasteiger partial charge in [-0.1, -0.05) is 246 Å². The maximum Gasteiger partial charge on any atom is 0.153 e. The van der Waals surface area contributed by atoms with E-state index in [2.05, 4.69) is 90.6 Å². The molecule has 0 amide bonds. The van der Waals surface area contributed by atoms with E-state index in [1.54, 1.807) is 0 Å². The van der Waals surface area contributed by atoms with Crippen LogP contribution in [0.1, 0.15) is 128 Å². The molecule has 25 nitrogen and oxygen atoms in total. The van der Waals surface area contributed by atoms with Gasteiger partial charge in [0.15, 0.2) is 46.7 Å². The highest BCUT2D eigenvalue weighted by molar-refractivity contribution is 6.01. The first-order valence-electron chi connectivity index (χ1n) is 34.8. The predicted octanol–water partition coefficient (Wildman–Crippen LogP) is 12.0. The lowest BCUT2D eigenvalue weighted by atomic mass is 10.1. The molecule has 0 radical (unpaired) electrons. The predicted molar refractivity (Wildman–Crippen MR) is 420 cm³/mol. The Kier molecular flexibility index (Phi) is 38.9. The Balaban J connectivity index is 0.000000252. The number of hydrogen-bond acceptors (Lipinski definition) is 17. The molecule has 558 valence electrons. The van der Waals surface area contributed by atoms with Crippen LogP contribution in [0.5, 0.6) is 0 Å². The maximum atomic E-state index is 9.55. The average Bonchev–Trinajstić information content (AvgIpc) is 0.879.